The van der Waals surface area contributed by atoms with Crippen LogP contribution in [0, 0.1) is 13.8 Å². The molecule has 0 atom stereocenters. The molecule has 0 aliphatic carbocycles. The first kappa shape index (κ1) is 17.2. The lowest BCUT2D eigenvalue weighted by Crippen LogP contribution is -2.22. The average Bonchev–Trinajstić information content (AvgIpc) is 3.30. The quantitative estimate of drug-likeness (QED) is 0.794. The molecule has 6 nitrogen and oxygen atoms in total. The second-order valence-electron chi connectivity index (χ2n) is 6.17. The zero-order valence-corrected chi connectivity index (χ0v) is 15.1. The van der Waals surface area contributed by atoms with Crippen molar-refractivity contribution in [2.75, 3.05) is 13.1 Å². The van der Waals surface area contributed by atoms with Gasteiger partial charge in [-0.1, -0.05) is 13.8 Å². The monoisotopic (exact) mass is 340 g/mol. The van der Waals surface area contributed by atoms with Gasteiger partial charge in [0.25, 0.3) is 5.91 Å². The number of carbonyl (C=O) groups is 1. The summed E-state index contributed by atoms with van der Waals surface area (Å²) in [5.74, 6) is 0.359. The Morgan fingerprint density at radius 1 is 1.28 bits per heavy atom. The molecule has 0 aromatic carbocycles. The first-order valence-electron chi connectivity index (χ1n) is 8.59. The van der Waals surface area contributed by atoms with Crippen LogP contribution in [0.1, 0.15) is 42.1 Å². The molecule has 0 saturated heterocycles. The van der Waals surface area contributed by atoms with E-state index in [1.165, 1.54) is 5.56 Å². The Morgan fingerprint density at radius 2 is 2.04 bits per heavy atom. The molecule has 1 aliphatic heterocycles. The molecule has 3 rings (SSSR count). The molecular weight excluding hydrogens is 316 g/mol. The molecule has 2 aromatic heterocycles. The standard InChI is InChI=1S/C19H24N4O2/c1-5-23(6-2)11-15-12(3)16(20-13(15)4)10-14-18(21-22-19(14)24)17-8-7-9-25-17/h7-10,20H,5-6,11H2,1-4H3,(H,22,24). The predicted octanol–water partition coefficient (Wildman–Crippen LogP) is 2.98. The summed E-state index contributed by atoms with van der Waals surface area (Å²) in [6, 6.07) is 3.58. The van der Waals surface area contributed by atoms with Gasteiger partial charge in [-0.25, -0.2) is 5.43 Å². The first-order chi connectivity index (χ1) is 12.0. The van der Waals surface area contributed by atoms with Gasteiger partial charge in [0, 0.05) is 17.9 Å². The van der Waals surface area contributed by atoms with Crippen LogP contribution in [0.25, 0.3) is 6.08 Å². The topological polar surface area (TPSA) is 73.6 Å². The van der Waals surface area contributed by atoms with Gasteiger partial charge >= 0.3 is 0 Å². The Balaban J connectivity index is 1.95. The van der Waals surface area contributed by atoms with Crippen molar-refractivity contribution in [2.24, 2.45) is 5.10 Å². The molecule has 0 saturated carbocycles. The largest absolute Gasteiger partial charge is 0.463 e. The van der Waals surface area contributed by atoms with E-state index in [0.29, 0.717) is 17.0 Å². The first-order valence-corrected chi connectivity index (χ1v) is 8.59. The van der Waals surface area contributed by atoms with Crippen molar-refractivity contribution in [3.05, 3.63) is 52.2 Å². The minimum atomic E-state index is -0.219. The normalized spacial score (nSPS) is 16.0. The lowest BCUT2D eigenvalue weighted by Gasteiger charge is -2.18. The molecule has 3 heterocycles. The van der Waals surface area contributed by atoms with Crippen molar-refractivity contribution in [1.29, 1.82) is 0 Å². The van der Waals surface area contributed by atoms with Crippen molar-refractivity contribution in [2.45, 2.75) is 34.2 Å². The zero-order chi connectivity index (χ0) is 18.0. The van der Waals surface area contributed by atoms with Crippen molar-refractivity contribution in [3.8, 4) is 0 Å². The summed E-state index contributed by atoms with van der Waals surface area (Å²) in [7, 11) is 0. The number of hydrazone groups is 1. The maximum atomic E-state index is 12.2. The number of rotatable bonds is 6. The van der Waals surface area contributed by atoms with Crippen LogP contribution < -0.4 is 5.43 Å². The van der Waals surface area contributed by atoms with E-state index >= 15 is 0 Å². The maximum Gasteiger partial charge on any atom is 0.273 e. The lowest BCUT2D eigenvalue weighted by molar-refractivity contribution is -0.116. The predicted molar refractivity (Wildman–Crippen MR) is 98.3 cm³/mol. The molecule has 0 bridgehead atoms. The molecule has 0 radical (unpaired) electrons. The van der Waals surface area contributed by atoms with E-state index in [-0.39, 0.29) is 5.91 Å². The maximum absolute atomic E-state index is 12.2. The van der Waals surface area contributed by atoms with E-state index in [1.807, 2.05) is 6.08 Å². The summed E-state index contributed by atoms with van der Waals surface area (Å²) in [5.41, 5.74) is 8.07. The van der Waals surface area contributed by atoms with Crippen LogP contribution in [0.5, 0.6) is 0 Å². The highest BCUT2D eigenvalue weighted by Crippen LogP contribution is 2.24. The van der Waals surface area contributed by atoms with Gasteiger partial charge in [-0.2, -0.15) is 5.10 Å². The van der Waals surface area contributed by atoms with E-state index in [1.54, 1.807) is 18.4 Å². The molecule has 2 N–H and O–H groups in total. The summed E-state index contributed by atoms with van der Waals surface area (Å²) in [5, 5.41) is 4.10. The van der Waals surface area contributed by atoms with Gasteiger partial charge in [0.05, 0.1) is 11.8 Å². The van der Waals surface area contributed by atoms with E-state index in [4.69, 9.17) is 4.42 Å². The smallest absolute Gasteiger partial charge is 0.273 e. The SMILES string of the molecule is CCN(CC)Cc1c(C)[nH]c(C=C2C(=O)NN=C2c2ccco2)c1C. The Labute approximate surface area is 147 Å². The number of nitrogens with zero attached hydrogens (tertiary/aromatic N) is 2. The van der Waals surface area contributed by atoms with Gasteiger partial charge in [-0.15, -0.1) is 0 Å². The van der Waals surface area contributed by atoms with Crippen molar-refractivity contribution < 1.29 is 9.21 Å². The summed E-state index contributed by atoms with van der Waals surface area (Å²) >= 11 is 0. The van der Waals surface area contributed by atoms with Crippen molar-refractivity contribution in [3.63, 3.8) is 0 Å². The number of furan rings is 1. The minimum absolute atomic E-state index is 0.219. The molecular formula is C19H24N4O2. The fourth-order valence-electron chi connectivity index (χ4n) is 3.08. The van der Waals surface area contributed by atoms with Gasteiger partial charge in [0.1, 0.15) is 5.71 Å². The van der Waals surface area contributed by atoms with Gasteiger partial charge in [-0.3, -0.25) is 9.69 Å². The molecule has 6 heteroatoms. The fourth-order valence-corrected chi connectivity index (χ4v) is 3.08. The zero-order valence-electron chi connectivity index (χ0n) is 15.1. The molecule has 132 valence electrons. The Kier molecular flexibility index (Phi) is 4.90. The molecule has 0 fully saturated rings. The minimum Gasteiger partial charge on any atom is -0.463 e. The third-order valence-corrected chi connectivity index (χ3v) is 4.72. The number of carbonyl (C=O) groups excluding carboxylic acids is 1. The number of aromatic nitrogens is 1. The van der Waals surface area contributed by atoms with Crippen LogP contribution in [0.2, 0.25) is 0 Å². The number of aryl methyl sites for hydroxylation is 1. The van der Waals surface area contributed by atoms with Gasteiger partial charge in [0.15, 0.2) is 5.76 Å². The van der Waals surface area contributed by atoms with Crippen molar-refractivity contribution >= 4 is 17.7 Å². The van der Waals surface area contributed by atoms with Gasteiger partial charge in [0.2, 0.25) is 0 Å². The van der Waals surface area contributed by atoms with Crippen LogP contribution >= 0.6 is 0 Å². The summed E-state index contributed by atoms with van der Waals surface area (Å²) in [6.45, 7) is 11.4. The Hall–Kier alpha value is -2.60. The van der Waals surface area contributed by atoms with Crippen LogP contribution in [-0.4, -0.2) is 34.6 Å². The fraction of sp³-hybridized carbons (Fsp3) is 0.368. The van der Waals surface area contributed by atoms with Gasteiger partial charge < -0.3 is 9.40 Å². The van der Waals surface area contributed by atoms with Crippen LogP contribution in [0.3, 0.4) is 0 Å². The lowest BCUT2D eigenvalue weighted by atomic mass is 10.0. The van der Waals surface area contributed by atoms with Gasteiger partial charge in [-0.05, 0) is 56.3 Å². The number of H-pyrrole nitrogens is 1. The number of aromatic amines is 1. The molecule has 2 aromatic rings. The summed E-state index contributed by atoms with van der Waals surface area (Å²) in [6.07, 6.45) is 3.43. The highest BCUT2D eigenvalue weighted by Gasteiger charge is 2.26. The van der Waals surface area contributed by atoms with Crippen molar-refractivity contribution in [1.82, 2.24) is 15.3 Å². The van der Waals surface area contributed by atoms with Crippen LogP contribution in [-0.2, 0) is 11.3 Å². The second-order valence-corrected chi connectivity index (χ2v) is 6.17. The highest BCUT2D eigenvalue weighted by atomic mass is 16.3. The molecule has 1 amide bonds. The Bertz CT molecular complexity index is 824. The molecule has 0 spiro atoms. The summed E-state index contributed by atoms with van der Waals surface area (Å²) < 4.78 is 5.39. The van der Waals surface area contributed by atoms with E-state index in [0.717, 1.165) is 36.6 Å². The van der Waals surface area contributed by atoms with E-state index < -0.39 is 0 Å². The number of nitrogens with one attached hydrogen (secondary N) is 2. The van der Waals surface area contributed by atoms with E-state index in [2.05, 4.69) is 48.1 Å². The molecule has 0 unspecified atom stereocenters. The number of hydrogen-bond donors (Lipinski definition) is 2. The molecule has 1 aliphatic rings. The van der Waals surface area contributed by atoms with E-state index in [9.17, 15) is 4.79 Å². The Morgan fingerprint density at radius 3 is 2.68 bits per heavy atom. The third kappa shape index (κ3) is 3.30. The average molecular weight is 340 g/mol. The third-order valence-electron chi connectivity index (χ3n) is 4.72. The second kappa shape index (κ2) is 7.11. The number of hydrogen-bond acceptors (Lipinski definition) is 4. The van der Waals surface area contributed by atoms with Crippen LogP contribution in [0.15, 0.2) is 33.5 Å². The summed E-state index contributed by atoms with van der Waals surface area (Å²) in [4.78, 5) is 18.0. The highest BCUT2D eigenvalue weighted by molar-refractivity contribution is 6.32. The molecule has 25 heavy (non-hydrogen) atoms. The number of amides is 1. The van der Waals surface area contributed by atoms with Crippen LogP contribution in [0.4, 0.5) is 0 Å².